The van der Waals surface area contributed by atoms with Gasteiger partial charge in [-0.25, -0.2) is 4.79 Å². The Morgan fingerprint density at radius 3 is 2.31 bits per heavy atom. The van der Waals surface area contributed by atoms with Crippen LogP contribution in [0.4, 0.5) is 5.82 Å². The Hall–Kier alpha value is -3.94. The summed E-state index contributed by atoms with van der Waals surface area (Å²) in [7, 11) is 0. The molecule has 1 atom stereocenters. The number of carbonyl (C=O) groups is 3. The number of nitrogens with zero attached hydrogens (tertiary/aromatic N) is 1. The Balaban J connectivity index is 1.66. The van der Waals surface area contributed by atoms with Crippen LogP contribution < -0.4 is 10.6 Å². The number of anilines is 1. The molecule has 8 heteroatoms. The van der Waals surface area contributed by atoms with Crippen LogP contribution in [-0.4, -0.2) is 29.5 Å². The third-order valence-corrected chi connectivity index (χ3v) is 3.92. The highest BCUT2D eigenvalue weighted by Gasteiger charge is 2.25. The van der Waals surface area contributed by atoms with Gasteiger partial charge in [0.2, 0.25) is 0 Å². The molecular formula is C21H19N3O5. The zero-order valence-corrected chi connectivity index (χ0v) is 15.6. The van der Waals surface area contributed by atoms with Crippen LogP contribution in [0.25, 0.3) is 0 Å². The van der Waals surface area contributed by atoms with E-state index in [-0.39, 0.29) is 5.82 Å². The van der Waals surface area contributed by atoms with E-state index in [2.05, 4.69) is 15.8 Å². The fraction of sp³-hybridized carbons (Fsp3) is 0.143. The Morgan fingerprint density at radius 1 is 1.03 bits per heavy atom. The first-order valence-electron chi connectivity index (χ1n) is 8.83. The van der Waals surface area contributed by atoms with Gasteiger partial charge in [0, 0.05) is 11.6 Å². The highest BCUT2D eigenvalue weighted by Crippen LogP contribution is 2.16. The first-order chi connectivity index (χ1) is 14.0. The Kier molecular flexibility index (Phi) is 6.36. The van der Waals surface area contributed by atoms with Crippen LogP contribution in [0.1, 0.15) is 27.7 Å². The summed E-state index contributed by atoms with van der Waals surface area (Å²) < 4.78 is 9.96. The molecule has 0 aliphatic carbocycles. The predicted octanol–water partition coefficient (Wildman–Crippen LogP) is 2.64. The molecule has 0 bridgehead atoms. The quantitative estimate of drug-likeness (QED) is 0.597. The van der Waals surface area contributed by atoms with Gasteiger partial charge in [-0.05, 0) is 24.6 Å². The molecule has 0 aliphatic rings. The zero-order chi connectivity index (χ0) is 20.6. The van der Waals surface area contributed by atoms with E-state index in [1.807, 2.05) is 0 Å². The van der Waals surface area contributed by atoms with Crippen LogP contribution in [0.3, 0.4) is 0 Å². The molecule has 0 saturated heterocycles. The largest absolute Gasteiger partial charge is 0.454 e. The summed E-state index contributed by atoms with van der Waals surface area (Å²) >= 11 is 0. The minimum atomic E-state index is -1.06. The van der Waals surface area contributed by atoms with E-state index in [1.54, 1.807) is 67.6 Å². The number of benzene rings is 2. The zero-order valence-electron chi connectivity index (χ0n) is 15.6. The van der Waals surface area contributed by atoms with Crippen LogP contribution in [0.2, 0.25) is 0 Å². The molecule has 148 valence electrons. The van der Waals surface area contributed by atoms with Crippen molar-refractivity contribution in [3.8, 4) is 0 Å². The summed E-state index contributed by atoms with van der Waals surface area (Å²) in [6.07, 6.45) is 0. The van der Waals surface area contributed by atoms with Crippen LogP contribution in [0.5, 0.6) is 0 Å². The van der Waals surface area contributed by atoms with Crippen molar-refractivity contribution in [1.82, 2.24) is 10.5 Å². The van der Waals surface area contributed by atoms with Gasteiger partial charge in [-0.1, -0.05) is 53.7 Å². The molecule has 0 fully saturated rings. The second-order valence-electron chi connectivity index (χ2n) is 6.16. The van der Waals surface area contributed by atoms with E-state index >= 15 is 0 Å². The summed E-state index contributed by atoms with van der Waals surface area (Å²) in [6, 6.07) is 17.6. The van der Waals surface area contributed by atoms with Gasteiger partial charge in [0.05, 0.1) is 0 Å². The molecule has 2 N–H and O–H groups in total. The summed E-state index contributed by atoms with van der Waals surface area (Å²) in [5.41, 5.74) is 0.940. The van der Waals surface area contributed by atoms with Crippen molar-refractivity contribution in [2.24, 2.45) is 0 Å². The van der Waals surface area contributed by atoms with E-state index in [0.29, 0.717) is 16.9 Å². The van der Waals surface area contributed by atoms with Crippen molar-refractivity contribution < 1.29 is 23.6 Å². The van der Waals surface area contributed by atoms with Gasteiger partial charge in [0.1, 0.15) is 5.76 Å². The normalized spacial score (nSPS) is 11.3. The number of nitrogens with one attached hydrogen (secondary N) is 2. The van der Waals surface area contributed by atoms with E-state index < -0.39 is 30.4 Å². The molecule has 1 aromatic heterocycles. The van der Waals surface area contributed by atoms with Crippen LogP contribution >= 0.6 is 0 Å². The van der Waals surface area contributed by atoms with Crippen LogP contribution in [0.15, 0.2) is 71.3 Å². The Bertz CT molecular complexity index is 986. The second-order valence-corrected chi connectivity index (χ2v) is 6.16. The van der Waals surface area contributed by atoms with Gasteiger partial charge < -0.3 is 19.9 Å². The van der Waals surface area contributed by atoms with E-state index in [4.69, 9.17) is 9.26 Å². The van der Waals surface area contributed by atoms with Gasteiger partial charge >= 0.3 is 5.97 Å². The van der Waals surface area contributed by atoms with Crippen molar-refractivity contribution in [1.29, 1.82) is 0 Å². The third-order valence-electron chi connectivity index (χ3n) is 3.92. The molecule has 3 aromatic rings. The van der Waals surface area contributed by atoms with Crippen molar-refractivity contribution >= 4 is 23.6 Å². The third kappa shape index (κ3) is 5.52. The van der Waals surface area contributed by atoms with Crippen molar-refractivity contribution in [2.75, 3.05) is 11.9 Å². The van der Waals surface area contributed by atoms with Crippen LogP contribution in [-0.2, 0) is 14.3 Å². The maximum absolute atomic E-state index is 12.6. The minimum absolute atomic E-state index is 0.223. The fourth-order valence-electron chi connectivity index (χ4n) is 2.55. The van der Waals surface area contributed by atoms with E-state index in [1.165, 1.54) is 6.07 Å². The van der Waals surface area contributed by atoms with E-state index in [9.17, 15) is 14.4 Å². The lowest BCUT2D eigenvalue weighted by Gasteiger charge is -2.18. The Labute approximate surface area is 166 Å². The Morgan fingerprint density at radius 2 is 1.69 bits per heavy atom. The molecule has 0 aliphatic heterocycles. The summed E-state index contributed by atoms with van der Waals surface area (Å²) in [5, 5.41) is 8.74. The summed E-state index contributed by atoms with van der Waals surface area (Å²) in [6.45, 7) is 1.15. The smallest absolute Gasteiger partial charge is 0.333 e. The molecule has 3 rings (SSSR count). The molecule has 8 nitrogen and oxygen atoms in total. The highest BCUT2D eigenvalue weighted by molar-refractivity contribution is 5.97. The number of rotatable bonds is 7. The molecule has 1 heterocycles. The molecule has 2 amide bonds. The van der Waals surface area contributed by atoms with Gasteiger partial charge in [0.15, 0.2) is 18.5 Å². The number of hydrogen-bond acceptors (Lipinski definition) is 6. The average Bonchev–Trinajstić information content (AvgIpc) is 3.15. The molecule has 0 unspecified atom stereocenters. The first kappa shape index (κ1) is 19.8. The molecule has 0 saturated carbocycles. The minimum Gasteiger partial charge on any atom is -0.454 e. The first-order valence-corrected chi connectivity index (χ1v) is 8.83. The van der Waals surface area contributed by atoms with Crippen molar-refractivity contribution in [2.45, 2.75) is 13.0 Å². The fourth-order valence-corrected chi connectivity index (χ4v) is 2.55. The maximum Gasteiger partial charge on any atom is 0.333 e. The average molecular weight is 393 g/mol. The van der Waals surface area contributed by atoms with Gasteiger partial charge in [-0.15, -0.1) is 0 Å². The standard InChI is InChI=1S/C21H19N3O5/c1-14-12-17(24-29-14)22-18(25)13-28-21(27)19(15-8-4-2-5-9-15)23-20(26)16-10-6-3-7-11-16/h2-12,19H,13H2,1H3,(H,23,26)(H,22,24,25)/t19-/m1/s1. The van der Waals surface area contributed by atoms with Crippen LogP contribution in [0, 0.1) is 6.92 Å². The lowest BCUT2D eigenvalue weighted by molar-refractivity contribution is -0.149. The lowest BCUT2D eigenvalue weighted by Crippen LogP contribution is -2.36. The van der Waals surface area contributed by atoms with Gasteiger partial charge in [-0.3, -0.25) is 9.59 Å². The number of amides is 2. The second kappa shape index (κ2) is 9.32. The number of aromatic nitrogens is 1. The van der Waals surface area contributed by atoms with Crippen molar-refractivity contribution in [3.63, 3.8) is 0 Å². The number of carbonyl (C=O) groups excluding carboxylic acids is 3. The number of esters is 1. The molecule has 29 heavy (non-hydrogen) atoms. The molecular weight excluding hydrogens is 374 g/mol. The topological polar surface area (TPSA) is 111 Å². The van der Waals surface area contributed by atoms with E-state index in [0.717, 1.165) is 0 Å². The van der Waals surface area contributed by atoms with Gasteiger partial charge in [-0.2, -0.15) is 0 Å². The predicted molar refractivity (Wildman–Crippen MR) is 104 cm³/mol. The van der Waals surface area contributed by atoms with Crippen molar-refractivity contribution in [3.05, 3.63) is 83.6 Å². The number of aryl methyl sites for hydroxylation is 1. The summed E-state index contributed by atoms with van der Waals surface area (Å²) in [4.78, 5) is 37.1. The molecule has 0 radical (unpaired) electrons. The summed E-state index contributed by atoms with van der Waals surface area (Å²) in [5.74, 6) is -1.01. The number of ether oxygens (including phenoxy) is 1. The number of hydrogen-bond donors (Lipinski definition) is 2. The highest BCUT2D eigenvalue weighted by atomic mass is 16.5. The maximum atomic E-state index is 12.6. The lowest BCUT2D eigenvalue weighted by atomic mass is 10.1. The molecule has 2 aromatic carbocycles. The monoisotopic (exact) mass is 393 g/mol. The molecule has 0 spiro atoms. The SMILES string of the molecule is Cc1cc(NC(=O)COC(=O)[C@H](NC(=O)c2ccccc2)c2ccccc2)no1. The van der Waals surface area contributed by atoms with Gasteiger partial charge in [0.25, 0.3) is 11.8 Å².